The number of carbonyl (C=O) groups is 1. The van der Waals surface area contributed by atoms with Gasteiger partial charge in [-0.1, -0.05) is 77.8 Å². The third-order valence-corrected chi connectivity index (χ3v) is 19.7. The Balaban J connectivity index is 1.34. The number of hydrogen-bond acceptors (Lipinski definition) is 9. The van der Waals surface area contributed by atoms with Crippen LogP contribution in [0.15, 0.2) is 42.5 Å². The second-order valence-corrected chi connectivity index (χ2v) is 26.7. The highest BCUT2D eigenvalue weighted by molar-refractivity contribution is 7.86. The van der Waals surface area contributed by atoms with Gasteiger partial charge in [0.1, 0.15) is 25.0 Å². The molecule has 1 amide bonds. The number of aromatic nitrogens is 2. The van der Waals surface area contributed by atoms with Crippen LogP contribution in [-0.2, 0) is 19.0 Å². The van der Waals surface area contributed by atoms with E-state index in [-0.39, 0.29) is 42.9 Å². The van der Waals surface area contributed by atoms with Crippen LogP contribution in [-0.4, -0.2) is 87.7 Å². The van der Waals surface area contributed by atoms with Gasteiger partial charge >= 0.3 is 12.1 Å². The fraction of sp³-hybridized carbons (Fsp3) is 0.553. The van der Waals surface area contributed by atoms with E-state index in [2.05, 4.69) is 70.0 Å². The number of rotatable bonds is 11. The lowest BCUT2D eigenvalue weighted by atomic mass is 9.92. The Labute approximate surface area is 356 Å². The summed E-state index contributed by atoms with van der Waals surface area (Å²) in [5.74, 6) is 3.69. The van der Waals surface area contributed by atoms with E-state index in [0.717, 1.165) is 59.4 Å². The fourth-order valence-corrected chi connectivity index (χ4v) is 15.5. The summed E-state index contributed by atoms with van der Waals surface area (Å²) in [4.78, 5) is 27.0. The van der Waals surface area contributed by atoms with Crippen LogP contribution in [0.25, 0.3) is 32.8 Å². The predicted octanol–water partition coefficient (Wildman–Crippen LogP) is 10.2. The standard InChI is InChI=1S/C47H61FN4O6SSi/c1-29(2)60(30(3)4,31(5)6)22-19-33-13-12-14-34-23-32(7)24-39(40(33)34)37-17-18-38-42(41(37)48)49-44(56-27-47(20-21-47)28-57-59(11,54)55)50-43(38)51-25-35-15-16-36(26-51)52(35)45(53)58-46(8,9)10/h12-14,17-18,23-24,29-31,35-36H,15-16,20-21,25-28H2,1-11H3. The average molecular weight is 857 g/mol. The second-order valence-electron chi connectivity index (χ2n) is 19.4. The SMILES string of the molecule is Cc1cc(-c2ccc3c(N4CC5CCC(C4)N5C(=O)OC(C)(C)C)nc(OCC4(COS(C)(=O)=O)CC4)nc3c2F)c2c(C#C[Si](C(C)C)(C(C)C)C(C)C)cccc2c1. The molecule has 2 saturated heterocycles. The van der Waals surface area contributed by atoms with Gasteiger partial charge in [0.2, 0.25) is 0 Å². The smallest absolute Gasteiger partial charge is 0.410 e. The molecule has 3 aromatic carbocycles. The zero-order valence-electron chi connectivity index (χ0n) is 37.1. The first-order chi connectivity index (χ1) is 28.1. The first-order valence-corrected chi connectivity index (χ1v) is 25.5. The van der Waals surface area contributed by atoms with Crippen molar-refractivity contribution in [2.24, 2.45) is 5.41 Å². The molecule has 4 aromatic rings. The van der Waals surface area contributed by atoms with E-state index in [0.29, 0.717) is 46.5 Å². The molecule has 3 aliphatic rings. The lowest BCUT2D eigenvalue weighted by Crippen LogP contribution is -2.57. The number of hydrogen-bond donors (Lipinski definition) is 0. The van der Waals surface area contributed by atoms with Crippen molar-refractivity contribution in [3.63, 3.8) is 0 Å². The van der Waals surface area contributed by atoms with Crippen molar-refractivity contribution < 1.29 is 31.3 Å². The van der Waals surface area contributed by atoms with E-state index in [1.54, 1.807) is 0 Å². The second kappa shape index (κ2) is 16.2. The van der Waals surface area contributed by atoms with E-state index in [1.165, 1.54) is 0 Å². The minimum atomic E-state index is -3.64. The van der Waals surface area contributed by atoms with Crippen molar-refractivity contribution in [1.82, 2.24) is 14.9 Å². The van der Waals surface area contributed by atoms with Crippen LogP contribution in [0.1, 0.15) is 99.1 Å². The molecule has 1 aliphatic carbocycles. The number of anilines is 1. The average Bonchev–Trinajstić information content (AvgIpc) is 3.88. The summed E-state index contributed by atoms with van der Waals surface area (Å²) < 4.78 is 58.5. The van der Waals surface area contributed by atoms with Crippen molar-refractivity contribution in [2.45, 2.75) is 129 Å². The molecule has 3 heterocycles. The molecule has 2 bridgehead atoms. The number of carbonyl (C=O) groups excluding carboxylic acids is 1. The monoisotopic (exact) mass is 856 g/mol. The van der Waals surface area contributed by atoms with Gasteiger partial charge in [-0.25, -0.2) is 9.18 Å². The Morgan fingerprint density at radius 2 is 1.60 bits per heavy atom. The Morgan fingerprint density at radius 1 is 0.950 bits per heavy atom. The number of nitrogens with zero attached hydrogens (tertiary/aromatic N) is 4. The zero-order chi connectivity index (χ0) is 43.5. The Morgan fingerprint density at radius 3 is 2.18 bits per heavy atom. The molecule has 322 valence electrons. The van der Waals surface area contributed by atoms with Gasteiger partial charge in [0.05, 0.1) is 31.6 Å². The summed E-state index contributed by atoms with van der Waals surface area (Å²) >= 11 is 0. The normalized spacial score (nSPS) is 19.1. The molecule has 13 heteroatoms. The molecule has 2 aliphatic heterocycles. The predicted molar refractivity (Wildman–Crippen MR) is 240 cm³/mol. The molecule has 3 fully saturated rings. The Hall–Kier alpha value is -4.25. The Bertz CT molecular complexity index is 2450. The van der Waals surface area contributed by atoms with Crippen molar-refractivity contribution in [3.8, 4) is 28.6 Å². The summed E-state index contributed by atoms with van der Waals surface area (Å²) in [6, 6.07) is 13.8. The van der Waals surface area contributed by atoms with Gasteiger partial charge in [-0.2, -0.15) is 18.4 Å². The molecular formula is C47H61FN4O6SSi. The number of fused-ring (bicyclic) bond motifs is 4. The zero-order valence-corrected chi connectivity index (χ0v) is 38.9. The van der Waals surface area contributed by atoms with Gasteiger partial charge in [-0.05, 0) is 98.6 Å². The molecule has 1 aromatic heterocycles. The van der Waals surface area contributed by atoms with Crippen molar-refractivity contribution in [3.05, 3.63) is 59.4 Å². The number of amides is 1. The molecule has 10 nitrogen and oxygen atoms in total. The van der Waals surface area contributed by atoms with Crippen LogP contribution in [0.4, 0.5) is 15.0 Å². The topological polar surface area (TPSA) is 111 Å². The van der Waals surface area contributed by atoms with E-state index in [1.807, 2.05) is 62.9 Å². The number of ether oxygens (including phenoxy) is 2. The van der Waals surface area contributed by atoms with Crippen molar-refractivity contribution >= 4 is 51.8 Å². The highest BCUT2D eigenvalue weighted by Crippen LogP contribution is 2.47. The van der Waals surface area contributed by atoms with E-state index in [4.69, 9.17) is 23.6 Å². The van der Waals surface area contributed by atoms with Gasteiger partial charge < -0.3 is 14.4 Å². The van der Waals surface area contributed by atoms with Gasteiger partial charge in [0.25, 0.3) is 10.1 Å². The largest absolute Gasteiger partial charge is 0.463 e. The Kier molecular flexibility index (Phi) is 11.8. The number of benzene rings is 3. The first-order valence-electron chi connectivity index (χ1n) is 21.4. The highest BCUT2D eigenvalue weighted by atomic mass is 32.2. The van der Waals surface area contributed by atoms with Gasteiger partial charge in [0, 0.05) is 40.4 Å². The van der Waals surface area contributed by atoms with Crippen molar-refractivity contribution in [1.29, 1.82) is 0 Å². The summed E-state index contributed by atoms with van der Waals surface area (Å²) in [6.07, 6.45) is 3.78. The van der Waals surface area contributed by atoms with Crippen molar-refractivity contribution in [2.75, 3.05) is 37.5 Å². The van der Waals surface area contributed by atoms with Gasteiger partial charge in [-0.3, -0.25) is 9.08 Å². The molecule has 0 radical (unpaired) electrons. The third-order valence-electron chi connectivity index (χ3n) is 12.9. The molecule has 0 spiro atoms. The lowest BCUT2D eigenvalue weighted by Gasteiger charge is -2.42. The molecular weight excluding hydrogens is 796 g/mol. The summed E-state index contributed by atoms with van der Waals surface area (Å²) in [7, 11) is -5.72. The minimum Gasteiger partial charge on any atom is -0.463 e. The van der Waals surface area contributed by atoms with E-state index < -0.39 is 35.0 Å². The van der Waals surface area contributed by atoms with Crippen LogP contribution in [0.2, 0.25) is 16.6 Å². The van der Waals surface area contributed by atoms with Crippen LogP contribution in [0, 0.1) is 29.6 Å². The molecule has 0 N–H and O–H groups in total. The van der Waals surface area contributed by atoms with Crippen LogP contribution in [0.3, 0.4) is 0 Å². The van der Waals surface area contributed by atoms with Crippen LogP contribution in [0.5, 0.6) is 6.01 Å². The molecule has 2 atom stereocenters. The maximum absolute atomic E-state index is 17.6. The summed E-state index contributed by atoms with van der Waals surface area (Å²) in [5.41, 5.74) is 7.27. The van der Waals surface area contributed by atoms with Gasteiger partial charge in [-0.15, -0.1) is 5.54 Å². The highest BCUT2D eigenvalue weighted by Gasteiger charge is 2.47. The number of aryl methyl sites for hydroxylation is 1. The van der Waals surface area contributed by atoms with E-state index in [9.17, 15) is 13.2 Å². The molecule has 60 heavy (non-hydrogen) atoms. The third kappa shape index (κ3) is 8.75. The van der Waals surface area contributed by atoms with Gasteiger partial charge in [0.15, 0.2) is 5.82 Å². The van der Waals surface area contributed by atoms with E-state index >= 15 is 4.39 Å². The summed E-state index contributed by atoms with van der Waals surface area (Å²) in [5, 5.41) is 2.42. The summed E-state index contributed by atoms with van der Waals surface area (Å²) in [6.45, 7) is 22.5. The van der Waals surface area contributed by atoms with Crippen LogP contribution < -0.4 is 9.64 Å². The molecule has 2 unspecified atom stereocenters. The quantitative estimate of drug-likeness (QED) is 0.0827. The first kappa shape index (κ1) is 43.8. The molecule has 1 saturated carbocycles. The molecule has 7 rings (SSSR count). The maximum atomic E-state index is 17.6. The fourth-order valence-electron chi connectivity index (χ4n) is 9.79. The minimum absolute atomic E-state index is 0.000824. The lowest BCUT2D eigenvalue weighted by molar-refractivity contribution is 0.0122. The maximum Gasteiger partial charge on any atom is 0.410 e. The number of halogens is 1. The van der Waals surface area contributed by atoms with Crippen LogP contribution >= 0.6 is 0 Å². The number of piperazine rings is 1.